The Morgan fingerprint density at radius 3 is 0.591 bits per heavy atom. The molecule has 0 amide bonds. The number of hydrogen-bond acceptors (Lipinski definition) is 1. The number of hydrogen-bond donors (Lipinski definition) is 1. The Hall–Kier alpha value is -8.76. The van der Waals surface area contributed by atoms with Crippen molar-refractivity contribution in [2.75, 3.05) is 0 Å². The molecular formula is C83H69F3O2P4Pd. The van der Waals surface area contributed by atoms with E-state index in [1.807, 2.05) is 0 Å². The molecule has 2 nitrogen and oxygen atoms in total. The molecule has 93 heavy (non-hydrogen) atoms. The van der Waals surface area contributed by atoms with Crippen molar-refractivity contribution < 1.29 is 43.5 Å². The maximum atomic E-state index is 12.4. The summed E-state index contributed by atoms with van der Waals surface area (Å²) in [5.74, 6) is -1.38. The topological polar surface area (TPSA) is 37.3 Å². The van der Waals surface area contributed by atoms with Crippen LogP contribution in [0.15, 0.2) is 395 Å². The van der Waals surface area contributed by atoms with E-state index in [0.717, 1.165) is 6.07 Å². The van der Waals surface area contributed by atoms with Gasteiger partial charge in [-0.15, -0.1) is 6.58 Å². The minimum atomic E-state index is -4.54. The van der Waals surface area contributed by atoms with Gasteiger partial charge in [-0.1, -0.05) is 370 Å². The minimum absolute atomic E-state index is 0. The zero-order valence-electron chi connectivity index (χ0n) is 51.0. The first kappa shape index (κ1) is 70.1. The predicted octanol–water partition coefficient (Wildman–Crippen LogP) is 16.9. The molecule has 0 saturated heterocycles. The molecule has 0 fully saturated rings. The van der Waals surface area contributed by atoms with Crippen LogP contribution in [0.4, 0.5) is 13.2 Å². The monoisotopic (exact) mass is 1380 g/mol. The fraction of sp³-hybridized carbons (Fsp3) is 0.0241. The van der Waals surface area contributed by atoms with Crippen molar-refractivity contribution in [3.63, 3.8) is 0 Å². The normalized spacial score (nSPS) is 10.6. The van der Waals surface area contributed by atoms with Gasteiger partial charge in [0.2, 0.25) is 0 Å². The third kappa shape index (κ3) is 21.4. The molecule has 13 aromatic rings. The number of carboxylic acid groups (broad SMARTS) is 1. The second kappa shape index (κ2) is 37.7. The van der Waals surface area contributed by atoms with Crippen LogP contribution in [0.2, 0.25) is 0 Å². The van der Waals surface area contributed by atoms with E-state index in [4.69, 9.17) is 5.11 Å². The van der Waals surface area contributed by atoms with Gasteiger partial charge in [0, 0.05) is 20.4 Å². The second-order valence-corrected chi connectivity index (χ2v) is 29.5. The van der Waals surface area contributed by atoms with Crippen molar-refractivity contribution in [2.45, 2.75) is 12.6 Å². The van der Waals surface area contributed by atoms with Gasteiger partial charge in [-0.05, 0) is 126 Å². The predicted molar refractivity (Wildman–Crippen MR) is 393 cm³/mol. The van der Waals surface area contributed by atoms with Crippen molar-refractivity contribution in [3.8, 4) is 0 Å². The molecule has 0 unspecified atom stereocenters. The van der Waals surface area contributed by atoms with Crippen molar-refractivity contribution in [1.82, 2.24) is 0 Å². The van der Waals surface area contributed by atoms with Crippen LogP contribution in [0, 0.1) is 0 Å². The Balaban J connectivity index is 0.000000149. The second-order valence-electron chi connectivity index (χ2n) is 20.6. The minimum Gasteiger partial charge on any atom is -0.478 e. The Labute approximate surface area is 565 Å². The van der Waals surface area contributed by atoms with Gasteiger partial charge in [0.25, 0.3) is 0 Å². The quantitative estimate of drug-likeness (QED) is 0.0631. The van der Waals surface area contributed by atoms with Crippen LogP contribution >= 0.6 is 31.7 Å². The summed E-state index contributed by atoms with van der Waals surface area (Å²) in [5, 5.41) is 25.5. The molecule has 0 saturated carbocycles. The summed E-state index contributed by atoms with van der Waals surface area (Å²) in [6.45, 7) is 3.39. The van der Waals surface area contributed by atoms with Crippen LogP contribution in [0.3, 0.4) is 0 Å². The zero-order valence-corrected chi connectivity index (χ0v) is 56.1. The summed E-state index contributed by atoms with van der Waals surface area (Å²) in [6.07, 6.45) is -2.92. The fourth-order valence-electron chi connectivity index (χ4n) is 9.98. The van der Waals surface area contributed by atoms with Gasteiger partial charge >= 0.3 is 12.1 Å². The molecule has 0 spiro atoms. The number of allylic oxidation sites excluding steroid dienone is 1. The van der Waals surface area contributed by atoms with Gasteiger partial charge in [-0.2, -0.15) is 13.2 Å². The van der Waals surface area contributed by atoms with E-state index >= 15 is 0 Å². The molecule has 0 aliphatic carbocycles. The summed E-state index contributed by atoms with van der Waals surface area (Å²) in [4.78, 5) is 10.6. The number of carboxylic acids is 1. The van der Waals surface area contributed by atoms with Crippen LogP contribution in [-0.4, -0.2) is 11.1 Å². The third-order valence-corrected chi connectivity index (χ3v) is 23.9. The first-order valence-electron chi connectivity index (χ1n) is 30.0. The van der Waals surface area contributed by atoms with E-state index in [1.54, 1.807) is 0 Å². The van der Waals surface area contributed by atoms with Crippen LogP contribution in [0.5, 0.6) is 0 Å². The van der Waals surface area contributed by atoms with Crippen LogP contribution < -0.4 is 63.7 Å². The van der Waals surface area contributed by atoms with Crippen LogP contribution in [-0.2, 0) is 33.0 Å². The maximum Gasteiger partial charge on any atom is 0.416 e. The molecule has 0 aromatic heterocycles. The number of carbonyl (C=O) groups is 1. The molecule has 13 aromatic carbocycles. The van der Waals surface area contributed by atoms with Gasteiger partial charge in [-0.3, -0.25) is 0 Å². The Morgan fingerprint density at radius 2 is 0.462 bits per heavy atom. The van der Waals surface area contributed by atoms with E-state index in [1.165, 1.54) is 75.8 Å². The summed E-state index contributed by atoms with van der Waals surface area (Å²) in [6, 6.07) is 132. The molecule has 10 heteroatoms. The van der Waals surface area contributed by atoms with E-state index in [0.29, 0.717) is 6.07 Å². The molecule has 0 atom stereocenters. The summed E-state index contributed by atoms with van der Waals surface area (Å²) in [5.41, 5.74) is -1.04. The third-order valence-electron chi connectivity index (χ3n) is 14.1. The summed E-state index contributed by atoms with van der Waals surface area (Å²) in [7, 11) is -1.78. The van der Waals surface area contributed by atoms with Crippen molar-refractivity contribution in [3.05, 3.63) is 412 Å². The van der Waals surface area contributed by atoms with Gasteiger partial charge in [0.1, 0.15) is 0 Å². The molecule has 0 aliphatic rings. The molecule has 0 bridgehead atoms. The van der Waals surface area contributed by atoms with Gasteiger partial charge in [0.05, 0.1) is 11.1 Å². The van der Waals surface area contributed by atoms with Crippen molar-refractivity contribution >= 4 is 101 Å². The first-order chi connectivity index (χ1) is 45.1. The van der Waals surface area contributed by atoms with Crippen LogP contribution in [0.1, 0.15) is 21.5 Å². The number of benzene rings is 13. The average molecular weight is 1390 g/mol. The number of aromatic carboxylic acids is 1. The number of alkyl halides is 3. The number of halogens is 3. The smallest absolute Gasteiger partial charge is 0.416 e. The largest absolute Gasteiger partial charge is 0.478 e. The zero-order chi connectivity index (χ0) is 64.0. The molecule has 1 N–H and O–H groups in total. The Kier molecular flexibility index (Phi) is 28.4. The first-order valence-corrected chi connectivity index (χ1v) is 35.4. The maximum absolute atomic E-state index is 12.4. The van der Waals surface area contributed by atoms with E-state index in [9.17, 15) is 18.0 Å². The average Bonchev–Trinajstić information content (AvgIpc) is 1.02. The SMILES string of the molecule is C=CCc1cc(C(=O)O)cc(C(F)(F)F)c1.[Pd].c1ccc(P(c2ccccc2)c2ccccc2)cc1.c1ccc(P(c2ccccc2)c2ccccc2)cc1.c1ccc(P(c2ccccc2)c2ccccc2)cc1.c1ccc(P(c2ccccc2)c2ccccc2)cc1. The van der Waals surface area contributed by atoms with Crippen molar-refractivity contribution in [2.24, 2.45) is 0 Å². The molecule has 0 aliphatic heterocycles. The standard InChI is InChI=1S/4C18H15P.C11H9F3O2.Pd/c4*1-4-10-16(11-5-1)19(17-12-6-2-7-13-17)18-14-8-3-9-15-18;1-2-3-7-4-8(10(15)16)6-9(5-7)11(12,13)14;/h4*1-15H;2,4-6H,1,3H2,(H,15,16);. The summed E-state index contributed by atoms with van der Waals surface area (Å²) < 4.78 is 37.3. The van der Waals surface area contributed by atoms with E-state index < -0.39 is 49.4 Å². The molecule has 0 radical (unpaired) electrons. The van der Waals surface area contributed by atoms with Gasteiger partial charge in [-0.25, -0.2) is 4.79 Å². The molecule has 13 rings (SSSR count). The molecule has 464 valence electrons. The van der Waals surface area contributed by atoms with Crippen LogP contribution in [0.25, 0.3) is 0 Å². The Bertz CT molecular complexity index is 3350. The van der Waals surface area contributed by atoms with Gasteiger partial charge < -0.3 is 5.11 Å². The van der Waals surface area contributed by atoms with E-state index in [-0.39, 0.29) is 38.0 Å². The fourth-order valence-corrected chi connectivity index (χ4v) is 19.2. The number of rotatable bonds is 15. The summed E-state index contributed by atoms with van der Waals surface area (Å²) >= 11 is 0. The Morgan fingerprint density at radius 1 is 0.301 bits per heavy atom. The van der Waals surface area contributed by atoms with Crippen molar-refractivity contribution in [1.29, 1.82) is 0 Å². The van der Waals surface area contributed by atoms with E-state index in [2.05, 4.69) is 371 Å². The molecule has 0 heterocycles. The molecular weight excluding hydrogens is 1320 g/mol. The van der Waals surface area contributed by atoms with Gasteiger partial charge in [0.15, 0.2) is 0 Å².